The Balaban J connectivity index is 3.80. The average molecular weight is 216 g/mol. The molecule has 1 atom stereocenters. The van der Waals surface area contributed by atoms with Gasteiger partial charge in [-0.1, -0.05) is 0 Å². The Morgan fingerprint density at radius 2 is 2.20 bits per heavy atom. The van der Waals surface area contributed by atoms with Gasteiger partial charge >= 0.3 is 5.97 Å². The second-order valence-corrected chi connectivity index (χ2v) is 3.62. The number of carboxylic acids is 1. The van der Waals surface area contributed by atoms with E-state index >= 15 is 0 Å². The molecule has 0 rings (SSSR count). The van der Waals surface area contributed by atoms with Crippen molar-refractivity contribution < 1.29 is 9.90 Å². The van der Waals surface area contributed by atoms with Crippen LogP contribution in [0.3, 0.4) is 0 Å². The van der Waals surface area contributed by atoms with Crippen LogP contribution in [0, 0.1) is 0 Å². The van der Waals surface area contributed by atoms with Gasteiger partial charge in [0.2, 0.25) is 0 Å². The molecule has 0 spiro atoms. The molecule has 15 heavy (non-hydrogen) atoms. The predicted molar refractivity (Wildman–Crippen MR) is 59.6 cm³/mol. The van der Waals surface area contributed by atoms with Crippen LogP contribution < -0.4 is 16.8 Å². The van der Waals surface area contributed by atoms with Gasteiger partial charge in [0.1, 0.15) is 5.54 Å². The number of aliphatic imine (C=N–C) groups is 1. The van der Waals surface area contributed by atoms with Crippen LogP contribution in [0.1, 0.15) is 26.7 Å². The van der Waals surface area contributed by atoms with Crippen LogP contribution in [0.4, 0.5) is 0 Å². The molecule has 0 heterocycles. The maximum absolute atomic E-state index is 10.7. The van der Waals surface area contributed by atoms with E-state index in [1.807, 2.05) is 6.92 Å². The Labute approximate surface area is 89.7 Å². The van der Waals surface area contributed by atoms with Crippen LogP contribution in [-0.2, 0) is 4.79 Å². The third kappa shape index (κ3) is 5.90. The summed E-state index contributed by atoms with van der Waals surface area (Å²) in [6.07, 6.45) is 0.983. The predicted octanol–water partition coefficient (Wildman–Crippen LogP) is -0.507. The van der Waals surface area contributed by atoms with Gasteiger partial charge in [-0.2, -0.15) is 0 Å². The standard InChI is InChI=1S/C9H20N4O2/c1-3-12-8(10)13-6-4-5-9(2,11)7(14)15/h3-6,11H2,1-2H3,(H,14,15)(H3,10,12,13). The molecular formula is C9H20N4O2. The summed E-state index contributed by atoms with van der Waals surface area (Å²) in [6, 6.07) is 0. The second kappa shape index (κ2) is 6.23. The van der Waals surface area contributed by atoms with Crippen molar-refractivity contribution in [2.75, 3.05) is 13.1 Å². The van der Waals surface area contributed by atoms with Gasteiger partial charge in [0.15, 0.2) is 5.96 Å². The monoisotopic (exact) mass is 216 g/mol. The first-order chi connectivity index (χ1) is 6.90. The minimum atomic E-state index is -1.18. The summed E-state index contributed by atoms with van der Waals surface area (Å²) in [4.78, 5) is 14.7. The molecule has 0 saturated carbocycles. The molecule has 1 unspecified atom stereocenters. The molecular weight excluding hydrogens is 196 g/mol. The normalized spacial score (nSPS) is 15.8. The van der Waals surface area contributed by atoms with Crippen LogP contribution in [0.25, 0.3) is 0 Å². The van der Waals surface area contributed by atoms with Gasteiger partial charge < -0.3 is 21.9 Å². The minimum Gasteiger partial charge on any atom is -0.480 e. The molecule has 6 nitrogen and oxygen atoms in total. The van der Waals surface area contributed by atoms with E-state index in [-0.39, 0.29) is 0 Å². The van der Waals surface area contributed by atoms with Crippen molar-refractivity contribution in [2.45, 2.75) is 32.2 Å². The zero-order valence-corrected chi connectivity index (χ0v) is 9.29. The number of guanidine groups is 1. The fourth-order valence-electron chi connectivity index (χ4n) is 0.990. The first-order valence-electron chi connectivity index (χ1n) is 4.96. The fraction of sp³-hybridized carbons (Fsp3) is 0.778. The first kappa shape index (κ1) is 13.7. The van der Waals surface area contributed by atoms with E-state index in [1.54, 1.807) is 0 Å². The van der Waals surface area contributed by atoms with Gasteiger partial charge in [0, 0.05) is 13.1 Å². The summed E-state index contributed by atoms with van der Waals surface area (Å²) in [5.41, 5.74) is 9.85. The van der Waals surface area contributed by atoms with Gasteiger partial charge in [0.05, 0.1) is 0 Å². The summed E-state index contributed by atoms with van der Waals surface area (Å²) < 4.78 is 0. The molecule has 0 aromatic heterocycles. The molecule has 0 saturated heterocycles. The SMILES string of the molecule is CCNC(N)=NCCCC(C)(N)C(=O)O. The van der Waals surface area contributed by atoms with Gasteiger partial charge in [-0.15, -0.1) is 0 Å². The average Bonchev–Trinajstić information content (AvgIpc) is 2.13. The number of carboxylic acid groups (broad SMARTS) is 1. The van der Waals surface area contributed by atoms with E-state index in [0.717, 1.165) is 6.54 Å². The lowest BCUT2D eigenvalue weighted by Crippen LogP contribution is -2.44. The molecule has 0 aliphatic rings. The van der Waals surface area contributed by atoms with Gasteiger partial charge in [-0.05, 0) is 26.7 Å². The maximum atomic E-state index is 10.7. The Morgan fingerprint density at radius 3 is 2.67 bits per heavy atom. The number of rotatable bonds is 6. The number of nitrogens with one attached hydrogen (secondary N) is 1. The highest BCUT2D eigenvalue weighted by molar-refractivity contribution is 5.78. The van der Waals surface area contributed by atoms with E-state index in [9.17, 15) is 4.79 Å². The summed E-state index contributed by atoms with van der Waals surface area (Å²) in [5.74, 6) is -0.613. The third-order valence-electron chi connectivity index (χ3n) is 1.98. The van der Waals surface area contributed by atoms with Gasteiger partial charge in [-0.3, -0.25) is 9.79 Å². The highest BCUT2D eigenvalue weighted by Crippen LogP contribution is 2.08. The second-order valence-electron chi connectivity index (χ2n) is 3.62. The molecule has 0 aliphatic heterocycles. The smallest absolute Gasteiger partial charge is 0.323 e. The Hall–Kier alpha value is -1.30. The van der Waals surface area contributed by atoms with E-state index in [1.165, 1.54) is 6.92 Å². The maximum Gasteiger partial charge on any atom is 0.323 e. The van der Waals surface area contributed by atoms with Crippen LogP contribution >= 0.6 is 0 Å². The van der Waals surface area contributed by atoms with Crippen LogP contribution in [-0.4, -0.2) is 35.7 Å². The summed E-state index contributed by atoms with van der Waals surface area (Å²) in [6.45, 7) is 4.62. The fourth-order valence-corrected chi connectivity index (χ4v) is 0.990. The Kier molecular flexibility index (Phi) is 5.69. The molecule has 0 bridgehead atoms. The summed E-state index contributed by atoms with van der Waals surface area (Å²) in [7, 11) is 0. The third-order valence-corrected chi connectivity index (χ3v) is 1.98. The Morgan fingerprint density at radius 1 is 1.60 bits per heavy atom. The Bertz CT molecular complexity index is 238. The lowest BCUT2D eigenvalue weighted by atomic mass is 9.98. The molecule has 0 fully saturated rings. The zero-order valence-electron chi connectivity index (χ0n) is 9.29. The minimum absolute atomic E-state index is 0.380. The zero-order chi connectivity index (χ0) is 11.9. The molecule has 0 aromatic rings. The number of nitrogens with two attached hydrogens (primary N) is 2. The highest BCUT2D eigenvalue weighted by Gasteiger charge is 2.26. The van der Waals surface area contributed by atoms with Crippen molar-refractivity contribution in [1.82, 2.24) is 5.32 Å². The number of nitrogens with zero attached hydrogens (tertiary/aromatic N) is 1. The van der Waals surface area contributed by atoms with E-state index in [4.69, 9.17) is 16.6 Å². The van der Waals surface area contributed by atoms with Gasteiger partial charge in [-0.25, -0.2) is 0 Å². The van der Waals surface area contributed by atoms with Crippen LogP contribution in [0.2, 0.25) is 0 Å². The molecule has 0 aromatic carbocycles. The van der Waals surface area contributed by atoms with Crippen molar-refractivity contribution in [3.05, 3.63) is 0 Å². The topological polar surface area (TPSA) is 114 Å². The number of aliphatic carboxylic acids is 1. The van der Waals surface area contributed by atoms with E-state index < -0.39 is 11.5 Å². The van der Waals surface area contributed by atoms with E-state index in [2.05, 4.69) is 10.3 Å². The van der Waals surface area contributed by atoms with Crippen LogP contribution in [0.5, 0.6) is 0 Å². The number of hydrogen-bond acceptors (Lipinski definition) is 3. The molecule has 88 valence electrons. The first-order valence-corrected chi connectivity index (χ1v) is 4.96. The number of carbonyl (C=O) groups is 1. The molecule has 6 N–H and O–H groups in total. The van der Waals surface area contributed by atoms with Crippen molar-refractivity contribution in [3.63, 3.8) is 0 Å². The van der Waals surface area contributed by atoms with Crippen molar-refractivity contribution >= 4 is 11.9 Å². The van der Waals surface area contributed by atoms with Crippen LogP contribution in [0.15, 0.2) is 4.99 Å². The lowest BCUT2D eigenvalue weighted by Gasteiger charge is -2.17. The van der Waals surface area contributed by atoms with Crippen molar-refractivity contribution in [2.24, 2.45) is 16.5 Å². The highest BCUT2D eigenvalue weighted by atomic mass is 16.4. The number of hydrogen-bond donors (Lipinski definition) is 4. The quantitative estimate of drug-likeness (QED) is 0.271. The van der Waals surface area contributed by atoms with Crippen molar-refractivity contribution in [3.8, 4) is 0 Å². The van der Waals surface area contributed by atoms with Gasteiger partial charge in [0.25, 0.3) is 0 Å². The molecule has 6 heteroatoms. The van der Waals surface area contributed by atoms with Crippen molar-refractivity contribution in [1.29, 1.82) is 0 Å². The lowest BCUT2D eigenvalue weighted by molar-refractivity contribution is -0.142. The molecule has 0 aliphatic carbocycles. The molecule has 0 radical (unpaired) electrons. The summed E-state index contributed by atoms with van der Waals surface area (Å²) in [5, 5.41) is 11.6. The summed E-state index contributed by atoms with van der Waals surface area (Å²) >= 11 is 0. The largest absolute Gasteiger partial charge is 0.480 e. The molecule has 0 amide bonds. The van der Waals surface area contributed by atoms with E-state index in [0.29, 0.717) is 25.3 Å².